The lowest BCUT2D eigenvalue weighted by molar-refractivity contribution is -0.155. The zero-order chi connectivity index (χ0) is 29.1. The Hall–Kier alpha value is -4.13. The number of fused-ring (bicyclic) bond motifs is 1. The summed E-state index contributed by atoms with van der Waals surface area (Å²) in [7, 11) is -4.05. The molecule has 0 spiro atoms. The summed E-state index contributed by atoms with van der Waals surface area (Å²) in [6.45, 7) is 0. The van der Waals surface area contributed by atoms with Crippen LogP contribution < -0.4 is 5.32 Å². The first-order valence-corrected chi connectivity index (χ1v) is 15.4. The second-order valence-corrected chi connectivity index (χ2v) is 12.1. The first-order valence-electron chi connectivity index (χ1n) is 12.6. The van der Waals surface area contributed by atoms with Crippen molar-refractivity contribution < 1.29 is 36.8 Å². The van der Waals surface area contributed by atoms with Crippen LogP contribution in [0.15, 0.2) is 102 Å². The lowest BCUT2D eigenvalue weighted by atomic mass is 10.0. The molecule has 0 radical (unpaired) electrons. The number of esters is 1. The highest BCUT2D eigenvalue weighted by Gasteiger charge is 2.56. The Balaban J connectivity index is 1.42. The van der Waals surface area contributed by atoms with Crippen molar-refractivity contribution >= 4 is 39.7 Å². The molecular formula is C29H26N2O8S2. The number of hydrogen-bond donors (Lipinski definition) is 2. The monoisotopic (exact) mass is 594 g/mol. The van der Waals surface area contributed by atoms with Crippen molar-refractivity contribution in [3.63, 3.8) is 0 Å². The number of carbonyl (C=O) groups is 3. The van der Waals surface area contributed by atoms with Gasteiger partial charge < -0.3 is 19.3 Å². The Morgan fingerprint density at radius 2 is 1.44 bits per heavy atom. The molecule has 41 heavy (non-hydrogen) atoms. The highest BCUT2D eigenvalue weighted by molar-refractivity contribution is 8.00. The van der Waals surface area contributed by atoms with Crippen LogP contribution in [0.1, 0.15) is 28.9 Å². The summed E-state index contributed by atoms with van der Waals surface area (Å²) < 4.78 is 35.1. The van der Waals surface area contributed by atoms with Gasteiger partial charge in [-0.2, -0.15) is 8.42 Å². The molecule has 3 aromatic rings. The van der Waals surface area contributed by atoms with E-state index in [9.17, 15) is 27.9 Å². The number of benzene rings is 3. The van der Waals surface area contributed by atoms with Crippen LogP contribution in [-0.2, 0) is 33.4 Å². The molecular weight excluding hydrogens is 568 g/mol. The normalized spacial score (nSPS) is 19.2. The van der Waals surface area contributed by atoms with E-state index in [1.165, 1.54) is 0 Å². The summed E-state index contributed by atoms with van der Waals surface area (Å²) in [5.74, 6) is -2.75. The molecule has 2 heterocycles. The first-order chi connectivity index (χ1) is 19.6. The quantitative estimate of drug-likeness (QED) is 0.217. The van der Waals surface area contributed by atoms with Crippen molar-refractivity contribution in [3.8, 4) is 0 Å². The molecule has 0 bridgehead atoms. The SMILES string of the molecule is CS(=O)(=O)OC1=C(C(=O)OC(c2ccccc2)c2ccccc2)N2C(=O)C(NC(=O)C(O)c3ccccc3)[C@@H]2SC1. The van der Waals surface area contributed by atoms with Crippen LogP contribution in [0.25, 0.3) is 0 Å². The van der Waals surface area contributed by atoms with Crippen LogP contribution in [0.3, 0.4) is 0 Å². The van der Waals surface area contributed by atoms with Crippen molar-refractivity contribution in [2.45, 2.75) is 23.6 Å². The maximum atomic E-state index is 13.7. The van der Waals surface area contributed by atoms with Gasteiger partial charge in [0.15, 0.2) is 23.7 Å². The van der Waals surface area contributed by atoms with Gasteiger partial charge in [-0.25, -0.2) is 4.79 Å². The average Bonchev–Trinajstić information content (AvgIpc) is 2.98. The van der Waals surface area contributed by atoms with E-state index in [1.54, 1.807) is 78.9 Å². The molecule has 1 fully saturated rings. The van der Waals surface area contributed by atoms with E-state index in [0.717, 1.165) is 22.9 Å². The Morgan fingerprint density at radius 3 is 1.95 bits per heavy atom. The standard InChI is InChI=1S/C29H26N2O8S2/c1-41(36,37)39-21-17-40-28-22(30-26(33)24(32)18-11-5-2-6-12-18)27(34)31(28)23(21)29(35)38-25(19-13-7-3-8-14-19)20-15-9-4-10-16-20/h2-16,22,24-25,28,32H,17H2,1H3,(H,30,33)/t22?,24?,28-/m0/s1. The fraction of sp³-hybridized carbons (Fsp3) is 0.207. The summed E-state index contributed by atoms with van der Waals surface area (Å²) in [5, 5.41) is 12.2. The van der Waals surface area contributed by atoms with Gasteiger partial charge in [0.25, 0.3) is 11.8 Å². The van der Waals surface area contributed by atoms with Crippen LogP contribution in [-0.4, -0.2) is 59.6 Å². The van der Waals surface area contributed by atoms with E-state index in [2.05, 4.69) is 5.32 Å². The Kier molecular flexibility index (Phi) is 8.15. The number of aliphatic hydroxyl groups is 1. The molecule has 12 heteroatoms. The summed E-state index contributed by atoms with van der Waals surface area (Å²) in [6, 6.07) is 25.1. The number of β-lactam (4-membered cyclic amide) rings is 1. The molecule has 10 nitrogen and oxygen atoms in total. The third kappa shape index (κ3) is 6.14. The summed E-state index contributed by atoms with van der Waals surface area (Å²) >= 11 is 1.11. The molecule has 0 saturated carbocycles. The second-order valence-electron chi connectivity index (χ2n) is 9.38. The zero-order valence-electron chi connectivity index (χ0n) is 21.7. The van der Waals surface area contributed by atoms with Crippen molar-refractivity contribution in [2.24, 2.45) is 0 Å². The molecule has 212 valence electrons. The summed E-state index contributed by atoms with van der Waals surface area (Å²) in [4.78, 5) is 40.9. The van der Waals surface area contributed by atoms with Gasteiger partial charge in [-0.1, -0.05) is 91.0 Å². The molecule has 3 atom stereocenters. The lowest BCUT2D eigenvalue weighted by Crippen LogP contribution is -2.71. The third-order valence-corrected chi connectivity index (χ3v) is 8.23. The first kappa shape index (κ1) is 28.4. The Morgan fingerprint density at radius 1 is 0.927 bits per heavy atom. The number of nitrogens with zero attached hydrogens (tertiary/aromatic N) is 1. The fourth-order valence-corrected chi connectivity index (χ4v) is 6.42. The molecule has 2 unspecified atom stereocenters. The van der Waals surface area contributed by atoms with Gasteiger partial charge in [0.1, 0.15) is 11.4 Å². The van der Waals surface area contributed by atoms with Gasteiger partial charge in [-0.05, 0) is 16.7 Å². The number of rotatable bonds is 9. The smallest absolute Gasteiger partial charge is 0.359 e. The average molecular weight is 595 g/mol. The Bertz CT molecular complexity index is 1540. The molecule has 0 aromatic heterocycles. The van der Waals surface area contributed by atoms with E-state index >= 15 is 0 Å². The number of aliphatic hydroxyl groups excluding tert-OH is 1. The van der Waals surface area contributed by atoms with Crippen molar-refractivity contribution in [1.82, 2.24) is 10.2 Å². The molecule has 0 aliphatic carbocycles. The van der Waals surface area contributed by atoms with E-state index < -0.39 is 51.5 Å². The maximum Gasteiger partial charge on any atom is 0.359 e. The molecule has 2 N–H and O–H groups in total. The van der Waals surface area contributed by atoms with Crippen LogP contribution in [0.4, 0.5) is 0 Å². The van der Waals surface area contributed by atoms with E-state index in [-0.39, 0.29) is 17.2 Å². The number of nitrogens with one attached hydrogen (secondary N) is 1. The molecule has 2 aliphatic heterocycles. The van der Waals surface area contributed by atoms with E-state index in [1.807, 2.05) is 12.1 Å². The molecule has 3 aromatic carbocycles. The topological polar surface area (TPSA) is 139 Å². The van der Waals surface area contributed by atoms with Gasteiger partial charge in [0, 0.05) is 0 Å². The molecule has 2 amide bonds. The van der Waals surface area contributed by atoms with Crippen molar-refractivity contribution in [3.05, 3.63) is 119 Å². The van der Waals surface area contributed by atoms with Crippen LogP contribution in [0.2, 0.25) is 0 Å². The maximum absolute atomic E-state index is 13.7. The minimum absolute atomic E-state index is 0.0824. The summed E-state index contributed by atoms with van der Waals surface area (Å²) in [5.41, 5.74) is 1.32. The van der Waals surface area contributed by atoms with Gasteiger partial charge >= 0.3 is 16.1 Å². The number of hydrogen-bond acceptors (Lipinski definition) is 9. The van der Waals surface area contributed by atoms with Gasteiger partial charge in [-0.3, -0.25) is 14.5 Å². The van der Waals surface area contributed by atoms with Gasteiger partial charge in [0.2, 0.25) is 0 Å². The lowest BCUT2D eigenvalue weighted by Gasteiger charge is -2.49. The molecule has 2 aliphatic rings. The number of amides is 2. The largest absolute Gasteiger partial charge is 0.448 e. The van der Waals surface area contributed by atoms with Crippen molar-refractivity contribution in [1.29, 1.82) is 0 Å². The van der Waals surface area contributed by atoms with E-state index in [4.69, 9.17) is 8.92 Å². The minimum Gasteiger partial charge on any atom is -0.448 e. The number of thioether (sulfide) groups is 1. The highest BCUT2D eigenvalue weighted by atomic mass is 32.2. The predicted octanol–water partition coefficient (Wildman–Crippen LogP) is 2.64. The van der Waals surface area contributed by atoms with Gasteiger partial charge in [0.05, 0.1) is 12.0 Å². The van der Waals surface area contributed by atoms with Crippen LogP contribution in [0.5, 0.6) is 0 Å². The van der Waals surface area contributed by atoms with Crippen LogP contribution in [0, 0.1) is 0 Å². The second kappa shape index (κ2) is 11.8. The zero-order valence-corrected chi connectivity index (χ0v) is 23.4. The predicted molar refractivity (Wildman–Crippen MR) is 150 cm³/mol. The van der Waals surface area contributed by atoms with Crippen molar-refractivity contribution in [2.75, 3.05) is 12.0 Å². The summed E-state index contributed by atoms with van der Waals surface area (Å²) in [6.07, 6.45) is -1.53. The molecule has 5 rings (SSSR count). The van der Waals surface area contributed by atoms with Gasteiger partial charge in [-0.15, -0.1) is 11.8 Å². The third-order valence-electron chi connectivity index (χ3n) is 6.47. The minimum atomic E-state index is -4.05. The van der Waals surface area contributed by atoms with E-state index in [0.29, 0.717) is 16.7 Å². The fourth-order valence-electron chi connectivity index (χ4n) is 4.59. The molecule has 1 saturated heterocycles. The van der Waals surface area contributed by atoms with Crippen LogP contribution >= 0.6 is 11.8 Å². The Labute approximate surface area is 241 Å². The number of carbonyl (C=O) groups excluding carboxylic acids is 3. The number of ether oxygens (including phenoxy) is 1. The highest BCUT2D eigenvalue weighted by Crippen LogP contribution is 2.42.